The lowest BCUT2D eigenvalue weighted by Crippen LogP contribution is -2.53. The number of hydrogen-bond donors (Lipinski definition) is 1. The molecule has 0 radical (unpaired) electrons. The number of nitrogens with one attached hydrogen (secondary N) is 1. The van der Waals surface area contributed by atoms with E-state index >= 15 is 0 Å². The van der Waals surface area contributed by atoms with Gasteiger partial charge in [-0.05, 0) is 50.1 Å². The number of hydrogen-bond acceptors (Lipinski definition) is 3. The Morgan fingerprint density at radius 2 is 1.77 bits per heavy atom. The molecule has 3 aromatic carbocycles. The molecule has 1 saturated heterocycles. The van der Waals surface area contributed by atoms with Crippen LogP contribution in [0.15, 0.2) is 72.8 Å². The predicted molar refractivity (Wildman–Crippen MR) is 138 cm³/mol. The van der Waals surface area contributed by atoms with E-state index in [0.29, 0.717) is 19.6 Å². The number of rotatable bonds is 4. The first-order valence-corrected chi connectivity index (χ1v) is 12.5. The molecule has 5 nitrogen and oxygen atoms in total. The van der Waals surface area contributed by atoms with Crippen molar-refractivity contribution in [2.45, 2.75) is 43.5 Å². The number of thioether (sulfide) groups is 1. The van der Waals surface area contributed by atoms with Crippen LogP contribution in [0.5, 0.6) is 0 Å². The summed E-state index contributed by atoms with van der Waals surface area (Å²) in [4.78, 5) is 30.0. The van der Waals surface area contributed by atoms with Gasteiger partial charge in [0.15, 0.2) is 4.87 Å². The van der Waals surface area contributed by atoms with Gasteiger partial charge in [-0.15, -0.1) is 11.8 Å². The molecule has 2 heterocycles. The Kier molecular flexibility index (Phi) is 5.83. The van der Waals surface area contributed by atoms with E-state index in [0.717, 1.165) is 27.9 Å². The van der Waals surface area contributed by atoms with Gasteiger partial charge < -0.3 is 10.2 Å². The van der Waals surface area contributed by atoms with Gasteiger partial charge in [-0.25, -0.2) is 9.18 Å². The summed E-state index contributed by atoms with van der Waals surface area (Å²) in [5.41, 5.74) is 4.55. The quantitative estimate of drug-likeness (QED) is 0.521. The average Bonchev–Trinajstić information content (AvgIpc) is 3.25. The molecule has 0 bridgehead atoms. The second-order valence-electron chi connectivity index (χ2n) is 9.77. The highest BCUT2D eigenvalue weighted by atomic mass is 32.2. The summed E-state index contributed by atoms with van der Waals surface area (Å²) in [6.07, 6.45) is 0. The standard InChI is InChI=1S/C28H28FN3O2S/c1-19-7-6-8-21(15-19)16-30-26(34)32-18-27(2,3)35-28(32)23-9-4-5-10-24(23)31(25(28)33)17-20-11-13-22(29)14-12-20/h4-15H,16-18H2,1-3H3,(H,30,34). The van der Waals surface area contributed by atoms with Gasteiger partial charge in [-0.2, -0.15) is 0 Å². The van der Waals surface area contributed by atoms with Crippen LogP contribution >= 0.6 is 11.8 Å². The molecular formula is C28H28FN3O2S. The number of nitrogens with zero attached hydrogens (tertiary/aromatic N) is 2. The molecule has 35 heavy (non-hydrogen) atoms. The zero-order chi connectivity index (χ0) is 24.8. The Morgan fingerprint density at radius 3 is 2.51 bits per heavy atom. The first-order chi connectivity index (χ1) is 16.7. The summed E-state index contributed by atoms with van der Waals surface area (Å²) >= 11 is 1.52. The van der Waals surface area contributed by atoms with Crippen molar-refractivity contribution in [3.05, 3.63) is 101 Å². The molecule has 3 amide bonds. The highest BCUT2D eigenvalue weighted by Crippen LogP contribution is 2.59. The second-order valence-corrected chi connectivity index (χ2v) is 11.7. The van der Waals surface area contributed by atoms with Crippen molar-refractivity contribution >= 4 is 29.4 Å². The Hall–Kier alpha value is -3.32. The fourth-order valence-electron chi connectivity index (χ4n) is 4.98. The summed E-state index contributed by atoms with van der Waals surface area (Å²) < 4.78 is 13.1. The van der Waals surface area contributed by atoms with Gasteiger partial charge in [0.1, 0.15) is 5.82 Å². The van der Waals surface area contributed by atoms with Crippen LogP contribution in [-0.4, -0.2) is 28.1 Å². The zero-order valence-corrected chi connectivity index (χ0v) is 20.9. The summed E-state index contributed by atoms with van der Waals surface area (Å²) in [6, 6.07) is 21.6. The van der Waals surface area contributed by atoms with Crippen LogP contribution in [-0.2, 0) is 22.8 Å². The summed E-state index contributed by atoms with van der Waals surface area (Å²) in [5, 5.41) is 3.04. The van der Waals surface area contributed by atoms with Crippen molar-refractivity contribution in [2.75, 3.05) is 11.4 Å². The van der Waals surface area contributed by atoms with E-state index in [2.05, 4.69) is 19.2 Å². The van der Waals surface area contributed by atoms with E-state index in [1.807, 2.05) is 55.5 Å². The van der Waals surface area contributed by atoms with Gasteiger partial charge in [0.05, 0.1) is 12.2 Å². The molecule has 3 aromatic rings. The fraction of sp³-hybridized carbons (Fsp3) is 0.286. The first kappa shape index (κ1) is 23.4. The van der Waals surface area contributed by atoms with Crippen LogP contribution in [0.25, 0.3) is 0 Å². The van der Waals surface area contributed by atoms with Gasteiger partial charge in [-0.1, -0.05) is 60.2 Å². The third kappa shape index (κ3) is 4.18. The molecule has 0 aromatic heterocycles. The minimum Gasteiger partial charge on any atom is -0.334 e. The summed E-state index contributed by atoms with van der Waals surface area (Å²) in [6.45, 7) is 7.26. The second kappa shape index (κ2) is 8.72. The Morgan fingerprint density at radius 1 is 1.03 bits per heavy atom. The SMILES string of the molecule is Cc1cccc(CNC(=O)N2CC(C)(C)SC23C(=O)N(Cc2ccc(F)cc2)c2ccccc23)c1. The molecular weight excluding hydrogens is 461 g/mol. The minimum atomic E-state index is -1.16. The lowest BCUT2D eigenvalue weighted by Gasteiger charge is -2.33. The molecule has 1 spiro atoms. The third-order valence-corrected chi connectivity index (χ3v) is 8.06. The number of anilines is 1. The van der Waals surface area contributed by atoms with Crippen molar-refractivity contribution < 1.29 is 14.0 Å². The van der Waals surface area contributed by atoms with Crippen molar-refractivity contribution in [1.82, 2.24) is 10.2 Å². The van der Waals surface area contributed by atoms with Crippen LogP contribution in [0, 0.1) is 12.7 Å². The van der Waals surface area contributed by atoms with E-state index in [1.165, 1.54) is 23.9 Å². The smallest absolute Gasteiger partial charge is 0.319 e. The average molecular weight is 490 g/mol. The minimum absolute atomic E-state index is 0.149. The zero-order valence-electron chi connectivity index (χ0n) is 20.0. The Bertz CT molecular complexity index is 1290. The number of fused-ring (bicyclic) bond motifs is 2. The Labute approximate surface area is 209 Å². The fourth-order valence-corrected chi connectivity index (χ4v) is 6.71. The molecule has 1 N–H and O–H groups in total. The molecule has 1 atom stereocenters. The van der Waals surface area contributed by atoms with E-state index < -0.39 is 4.87 Å². The molecule has 1 unspecified atom stereocenters. The van der Waals surface area contributed by atoms with Gasteiger partial charge in [0.25, 0.3) is 5.91 Å². The lowest BCUT2D eigenvalue weighted by atomic mass is 10.0. The van der Waals surface area contributed by atoms with E-state index in [1.54, 1.807) is 21.9 Å². The highest BCUT2D eigenvalue weighted by Gasteiger charge is 2.63. The monoisotopic (exact) mass is 489 g/mol. The summed E-state index contributed by atoms with van der Waals surface area (Å²) in [5.74, 6) is -0.466. The maximum absolute atomic E-state index is 14.2. The first-order valence-electron chi connectivity index (χ1n) is 11.7. The van der Waals surface area contributed by atoms with Crippen LogP contribution in [0.1, 0.15) is 36.1 Å². The molecule has 0 aliphatic carbocycles. The number of para-hydroxylation sites is 1. The van der Waals surface area contributed by atoms with Gasteiger partial charge in [0.2, 0.25) is 0 Å². The van der Waals surface area contributed by atoms with Crippen molar-refractivity contribution in [1.29, 1.82) is 0 Å². The number of benzene rings is 3. The number of urea groups is 1. The number of carbonyl (C=O) groups is 2. The number of carbonyl (C=O) groups excluding carboxylic acids is 2. The van der Waals surface area contributed by atoms with Crippen molar-refractivity contribution in [2.24, 2.45) is 0 Å². The number of aryl methyl sites for hydroxylation is 1. The molecule has 2 aliphatic heterocycles. The van der Waals surface area contributed by atoms with Crippen LogP contribution < -0.4 is 10.2 Å². The van der Waals surface area contributed by atoms with Crippen molar-refractivity contribution in [3.63, 3.8) is 0 Å². The predicted octanol–water partition coefficient (Wildman–Crippen LogP) is 5.57. The number of halogens is 1. The summed E-state index contributed by atoms with van der Waals surface area (Å²) in [7, 11) is 0. The van der Waals surface area contributed by atoms with Gasteiger partial charge in [-0.3, -0.25) is 9.69 Å². The molecule has 2 aliphatic rings. The molecule has 180 valence electrons. The Balaban J connectivity index is 1.49. The molecule has 5 rings (SSSR count). The maximum atomic E-state index is 14.2. The van der Waals surface area contributed by atoms with E-state index in [-0.39, 0.29) is 22.5 Å². The van der Waals surface area contributed by atoms with Gasteiger partial charge in [0, 0.05) is 23.4 Å². The largest absolute Gasteiger partial charge is 0.334 e. The normalized spacial score (nSPS) is 20.4. The third-order valence-electron chi connectivity index (χ3n) is 6.46. The maximum Gasteiger partial charge on any atom is 0.319 e. The van der Waals surface area contributed by atoms with Crippen LogP contribution in [0.4, 0.5) is 14.9 Å². The topological polar surface area (TPSA) is 52.7 Å². The van der Waals surface area contributed by atoms with Crippen LogP contribution in [0.2, 0.25) is 0 Å². The van der Waals surface area contributed by atoms with Crippen molar-refractivity contribution in [3.8, 4) is 0 Å². The molecule has 1 fully saturated rings. The molecule has 7 heteroatoms. The van der Waals surface area contributed by atoms with E-state index in [9.17, 15) is 14.0 Å². The van der Waals surface area contributed by atoms with Gasteiger partial charge >= 0.3 is 6.03 Å². The highest BCUT2D eigenvalue weighted by molar-refractivity contribution is 8.02. The van der Waals surface area contributed by atoms with E-state index in [4.69, 9.17) is 0 Å². The lowest BCUT2D eigenvalue weighted by molar-refractivity contribution is -0.123. The number of amides is 3. The molecule has 0 saturated carbocycles. The van der Waals surface area contributed by atoms with Crippen LogP contribution in [0.3, 0.4) is 0 Å².